The molecule has 1 aromatic heterocycles. The van der Waals surface area contributed by atoms with Crippen molar-refractivity contribution in [2.45, 2.75) is 6.04 Å². The molecule has 1 aromatic carbocycles. The molecule has 1 heterocycles. The van der Waals surface area contributed by atoms with Crippen LogP contribution in [0, 0.1) is 0 Å². The summed E-state index contributed by atoms with van der Waals surface area (Å²) in [6.45, 7) is -1.11. The van der Waals surface area contributed by atoms with E-state index in [0.717, 1.165) is 16.2 Å². The van der Waals surface area contributed by atoms with E-state index in [9.17, 15) is 24.9 Å². The number of rotatable bonds is 6. The Kier molecular flexibility index (Phi) is 6.20. The zero-order valence-electron chi connectivity index (χ0n) is 12.1. The fourth-order valence-corrected chi connectivity index (χ4v) is 3.35. The fraction of sp³-hybridized carbons (Fsp3) is 0.200. The van der Waals surface area contributed by atoms with Crippen LogP contribution in [0.2, 0.25) is 10.0 Å². The van der Waals surface area contributed by atoms with Gasteiger partial charge in [0.1, 0.15) is 4.88 Å². The number of thiophene rings is 1. The van der Waals surface area contributed by atoms with Crippen LogP contribution in [0.3, 0.4) is 0 Å². The largest absolute Gasteiger partial charge is 0.477 e. The first-order chi connectivity index (χ1) is 11.4. The van der Waals surface area contributed by atoms with E-state index in [0.29, 0.717) is 5.02 Å². The predicted molar refractivity (Wildman–Crippen MR) is 92.5 cm³/mol. The normalized spacial score (nSPS) is 10.9. The predicted octanol–water partition coefficient (Wildman–Crippen LogP) is 2.75. The van der Waals surface area contributed by atoms with Gasteiger partial charge in [-0.25, -0.2) is 4.79 Å². The number of carboxylic acids is 1. The van der Waals surface area contributed by atoms with Crippen molar-refractivity contribution in [3.63, 3.8) is 0 Å². The maximum atomic E-state index is 12.9. The van der Waals surface area contributed by atoms with Gasteiger partial charge in [-0.3, -0.25) is 9.69 Å². The van der Waals surface area contributed by atoms with Crippen LogP contribution in [0.5, 0.6) is 0 Å². The highest BCUT2D eigenvalue weighted by Crippen LogP contribution is 2.31. The van der Waals surface area contributed by atoms with Crippen molar-refractivity contribution in [1.29, 1.82) is 0 Å². The Balaban J connectivity index is 2.56. The molecule has 0 saturated carbocycles. The summed E-state index contributed by atoms with van der Waals surface area (Å²) in [4.78, 5) is 25.2. The number of aromatic carboxylic acids is 1. The minimum Gasteiger partial charge on any atom is -0.477 e. The first-order valence-electron chi connectivity index (χ1n) is 6.71. The second-order valence-electron chi connectivity index (χ2n) is 4.76. The van der Waals surface area contributed by atoms with E-state index in [1.807, 2.05) is 0 Å². The average Bonchev–Trinajstić information content (AvgIpc) is 3.01. The molecule has 128 valence electrons. The van der Waals surface area contributed by atoms with Gasteiger partial charge in [0.05, 0.1) is 35.5 Å². The molecule has 0 saturated heterocycles. The second-order valence-corrected chi connectivity index (χ2v) is 6.52. The molecule has 0 spiro atoms. The zero-order chi connectivity index (χ0) is 17.9. The van der Waals surface area contributed by atoms with Crippen molar-refractivity contribution in [3.8, 4) is 0 Å². The van der Waals surface area contributed by atoms with Crippen molar-refractivity contribution in [3.05, 3.63) is 50.1 Å². The van der Waals surface area contributed by atoms with Gasteiger partial charge >= 0.3 is 5.97 Å². The molecule has 2 aromatic rings. The lowest BCUT2D eigenvalue weighted by molar-refractivity contribution is 0.0702. The number of hydrogen-bond donors (Lipinski definition) is 3. The highest BCUT2D eigenvalue weighted by atomic mass is 35.5. The number of carboxylic acid groups (broad SMARTS) is 1. The van der Waals surface area contributed by atoms with Gasteiger partial charge in [0.25, 0.3) is 5.91 Å². The Morgan fingerprint density at radius 3 is 2.38 bits per heavy atom. The fourth-order valence-electron chi connectivity index (χ4n) is 2.14. The molecule has 6 nitrogen and oxygen atoms in total. The molecule has 0 aliphatic rings. The molecule has 2 rings (SSSR count). The van der Waals surface area contributed by atoms with E-state index >= 15 is 0 Å². The Morgan fingerprint density at radius 2 is 1.83 bits per heavy atom. The molecule has 0 aliphatic heterocycles. The summed E-state index contributed by atoms with van der Waals surface area (Å²) in [7, 11) is 0. The third-order valence-corrected chi connectivity index (χ3v) is 4.70. The van der Waals surface area contributed by atoms with E-state index in [2.05, 4.69) is 0 Å². The Hall–Kier alpha value is -1.64. The van der Waals surface area contributed by atoms with Crippen molar-refractivity contribution in [2.75, 3.05) is 18.1 Å². The molecule has 0 atom stereocenters. The van der Waals surface area contributed by atoms with Gasteiger partial charge in [-0.15, -0.1) is 11.3 Å². The first kappa shape index (κ1) is 18.7. The minimum atomic E-state index is -1.21. The molecule has 0 aliphatic carbocycles. The molecular weight excluding hydrogens is 377 g/mol. The highest BCUT2D eigenvalue weighted by Gasteiger charge is 2.30. The summed E-state index contributed by atoms with van der Waals surface area (Å²) in [5.41, 5.74) is 0.159. The van der Waals surface area contributed by atoms with Gasteiger partial charge < -0.3 is 15.3 Å². The van der Waals surface area contributed by atoms with Gasteiger partial charge in [-0.05, 0) is 29.6 Å². The number of aliphatic hydroxyl groups excluding tert-OH is 2. The first-order valence-corrected chi connectivity index (χ1v) is 8.35. The van der Waals surface area contributed by atoms with Crippen LogP contribution in [0.25, 0.3) is 0 Å². The summed E-state index contributed by atoms with van der Waals surface area (Å²) in [6, 6.07) is 4.68. The SMILES string of the molecule is O=C(O)c1sccc1N(C(=O)c1ccc(Cl)cc1Cl)C(CO)CO. The highest BCUT2D eigenvalue weighted by molar-refractivity contribution is 7.12. The second kappa shape index (κ2) is 7.96. The lowest BCUT2D eigenvalue weighted by Crippen LogP contribution is -2.45. The summed E-state index contributed by atoms with van der Waals surface area (Å²) >= 11 is 12.8. The minimum absolute atomic E-state index is 0.0792. The molecule has 0 unspecified atom stereocenters. The molecule has 0 fully saturated rings. The van der Waals surface area contributed by atoms with Crippen LogP contribution < -0.4 is 4.90 Å². The van der Waals surface area contributed by atoms with Gasteiger partial charge in [0, 0.05) is 5.02 Å². The van der Waals surface area contributed by atoms with Crippen LogP contribution in [-0.2, 0) is 0 Å². The molecule has 24 heavy (non-hydrogen) atoms. The summed E-state index contributed by atoms with van der Waals surface area (Å²) in [5.74, 6) is -1.86. The van der Waals surface area contributed by atoms with Crippen molar-refractivity contribution in [2.24, 2.45) is 0 Å². The number of amides is 1. The van der Waals surface area contributed by atoms with E-state index in [-0.39, 0.29) is 21.2 Å². The number of nitrogens with zero attached hydrogens (tertiary/aromatic N) is 1. The number of anilines is 1. The van der Waals surface area contributed by atoms with Crippen molar-refractivity contribution >= 4 is 52.1 Å². The molecule has 0 bridgehead atoms. The number of halogens is 2. The summed E-state index contributed by atoms with van der Waals surface area (Å²) < 4.78 is 0. The van der Waals surface area contributed by atoms with Crippen molar-refractivity contribution < 1.29 is 24.9 Å². The maximum absolute atomic E-state index is 12.9. The standard InChI is InChI=1S/C15H13Cl2NO5S/c16-8-1-2-10(11(17)5-8)14(21)18(9(6-19)7-20)12-3-4-24-13(12)15(22)23/h1-5,9,19-20H,6-7H2,(H,22,23). The summed E-state index contributed by atoms with van der Waals surface area (Å²) in [6.07, 6.45) is 0. The van der Waals surface area contributed by atoms with Crippen LogP contribution >= 0.6 is 34.5 Å². The molecule has 9 heteroatoms. The Labute approximate surface area is 151 Å². The van der Waals surface area contributed by atoms with Crippen LogP contribution in [0.15, 0.2) is 29.6 Å². The number of carbonyl (C=O) groups excluding carboxylic acids is 1. The van der Waals surface area contributed by atoms with E-state index in [1.54, 1.807) is 0 Å². The van der Waals surface area contributed by atoms with E-state index in [4.69, 9.17) is 23.2 Å². The number of hydrogen-bond acceptors (Lipinski definition) is 5. The number of benzene rings is 1. The van der Waals surface area contributed by atoms with Crippen molar-refractivity contribution in [1.82, 2.24) is 0 Å². The monoisotopic (exact) mass is 389 g/mol. The summed E-state index contributed by atoms with van der Waals surface area (Å²) in [5, 5.41) is 30.2. The molecular formula is C15H13Cl2NO5S. The Bertz CT molecular complexity index is 760. The molecule has 1 amide bonds. The van der Waals surface area contributed by atoms with Crippen LogP contribution in [0.4, 0.5) is 5.69 Å². The van der Waals surface area contributed by atoms with Gasteiger partial charge in [-0.1, -0.05) is 23.2 Å². The maximum Gasteiger partial charge on any atom is 0.348 e. The van der Waals surface area contributed by atoms with Gasteiger partial charge in [0.2, 0.25) is 0 Å². The van der Waals surface area contributed by atoms with Gasteiger partial charge in [-0.2, -0.15) is 0 Å². The zero-order valence-corrected chi connectivity index (χ0v) is 14.5. The molecule has 3 N–H and O–H groups in total. The van der Waals surface area contributed by atoms with E-state index < -0.39 is 31.1 Å². The average molecular weight is 390 g/mol. The van der Waals surface area contributed by atoms with E-state index in [1.165, 1.54) is 29.6 Å². The Morgan fingerprint density at radius 1 is 1.17 bits per heavy atom. The third kappa shape index (κ3) is 3.71. The topological polar surface area (TPSA) is 98.1 Å². The van der Waals surface area contributed by atoms with Crippen LogP contribution in [-0.4, -0.2) is 46.5 Å². The lowest BCUT2D eigenvalue weighted by Gasteiger charge is -2.29. The lowest BCUT2D eigenvalue weighted by atomic mass is 10.1. The third-order valence-electron chi connectivity index (χ3n) is 3.27. The van der Waals surface area contributed by atoms with Crippen LogP contribution in [0.1, 0.15) is 20.0 Å². The molecule has 0 radical (unpaired) electrons. The van der Waals surface area contributed by atoms with Gasteiger partial charge in [0.15, 0.2) is 0 Å². The number of carbonyl (C=O) groups is 2. The smallest absolute Gasteiger partial charge is 0.348 e. The number of aliphatic hydroxyl groups is 2. The quantitative estimate of drug-likeness (QED) is 0.705.